The molecule has 0 bridgehead atoms. The minimum atomic E-state index is -4.70. The lowest BCUT2D eigenvalue weighted by Crippen LogP contribution is -2.10. The van der Waals surface area contributed by atoms with Gasteiger partial charge in [0, 0.05) is 0 Å². The number of halogens is 3. The summed E-state index contributed by atoms with van der Waals surface area (Å²) in [4.78, 5) is 10.7. The smallest absolute Gasteiger partial charge is 0.450 e. The molecular weight excluding hydrogens is 189 g/mol. The number of hydrogen-bond donors (Lipinski definition) is 0. The molecule has 0 atom stereocenters. The highest BCUT2D eigenvalue weighted by molar-refractivity contribution is 5.90. The topological polar surface area (TPSA) is 39.4 Å². The SMILES string of the molecule is [CH2]OC(=O)c1ccoc1C(F)(F)F. The third-order valence-electron chi connectivity index (χ3n) is 1.27. The third kappa shape index (κ3) is 1.82. The lowest BCUT2D eigenvalue weighted by atomic mass is 10.2. The molecule has 1 heterocycles. The molecule has 1 aromatic rings. The van der Waals surface area contributed by atoms with Gasteiger partial charge in [0.1, 0.15) is 12.7 Å². The molecule has 0 aliphatic rings. The van der Waals surface area contributed by atoms with Gasteiger partial charge in [-0.1, -0.05) is 0 Å². The molecule has 1 aromatic heterocycles. The molecule has 0 fully saturated rings. The van der Waals surface area contributed by atoms with E-state index in [4.69, 9.17) is 0 Å². The zero-order valence-electron chi connectivity index (χ0n) is 6.22. The highest BCUT2D eigenvalue weighted by Gasteiger charge is 2.39. The Morgan fingerprint density at radius 1 is 1.54 bits per heavy atom. The zero-order chi connectivity index (χ0) is 10.1. The van der Waals surface area contributed by atoms with Crippen molar-refractivity contribution in [3.8, 4) is 0 Å². The van der Waals surface area contributed by atoms with Gasteiger partial charge in [-0.15, -0.1) is 0 Å². The minimum Gasteiger partial charge on any atom is -0.459 e. The Hall–Kier alpha value is -1.46. The number of hydrogen-bond acceptors (Lipinski definition) is 3. The van der Waals surface area contributed by atoms with Crippen LogP contribution in [0.3, 0.4) is 0 Å². The molecule has 0 saturated heterocycles. The quantitative estimate of drug-likeness (QED) is 0.642. The van der Waals surface area contributed by atoms with Crippen molar-refractivity contribution in [3.63, 3.8) is 0 Å². The van der Waals surface area contributed by atoms with Crippen LogP contribution in [-0.4, -0.2) is 5.97 Å². The van der Waals surface area contributed by atoms with Crippen LogP contribution in [0.1, 0.15) is 16.1 Å². The number of carbonyl (C=O) groups excluding carboxylic acids is 1. The molecule has 0 aliphatic carbocycles. The number of esters is 1. The molecule has 0 aliphatic heterocycles. The van der Waals surface area contributed by atoms with Crippen LogP contribution < -0.4 is 0 Å². The van der Waals surface area contributed by atoms with Crippen LogP contribution in [0.4, 0.5) is 13.2 Å². The van der Waals surface area contributed by atoms with Gasteiger partial charge in [-0.3, -0.25) is 0 Å². The van der Waals surface area contributed by atoms with E-state index in [-0.39, 0.29) is 0 Å². The summed E-state index contributed by atoms with van der Waals surface area (Å²) in [7, 11) is 2.71. The second-order valence-corrected chi connectivity index (χ2v) is 2.09. The van der Waals surface area contributed by atoms with E-state index in [2.05, 4.69) is 16.3 Å². The first-order valence-electron chi connectivity index (χ1n) is 3.08. The lowest BCUT2D eigenvalue weighted by molar-refractivity contribution is -0.153. The van der Waals surface area contributed by atoms with E-state index in [0.717, 1.165) is 12.3 Å². The van der Waals surface area contributed by atoms with E-state index in [0.29, 0.717) is 0 Å². The molecule has 13 heavy (non-hydrogen) atoms. The predicted octanol–water partition coefficient (Wildman–Crippen LogP) is 2.25. The fourth-order valence-electron chi connectivity index (χ4n) is 0.767. The van der Waals surface area contributed by atoms with Crippen LogP contribution >= 0.6 is 0 Å². The highest BCUT2D eigenvalue weighted by Crippen LogP contribution is 2.32. The molecule has 6 heteroatoms. The van der Waals surface area contributed by atoms with Gasteiger partial charge in [0.05, 0.1) is 6.26 Å². The summed E-state index contributed by atoms with van der Waals surface area (Å²) in [6.45, 7) is 0. The number of furan rings is 1. The van der Waals surface area contributed by atoms with Crippen molar-refractivity contribution >= 4 is 5.97 Å². The predicted molar refractivity (Wildman–Crippen MR) is 34.5 cm³/mol. The van der Waals surface area contributed by atoms with E-state index in [9.17, 15) is 18.0 Å². The Balaban J connectivity index is 3.10. The summed E-state index contributed by atoms with van der Waals surface area (Å²) in [5, 5.41) is 0. The van der Waals surface area contributed by atoms with Crippen LogP contribution in [0.2, 0.25) is 0 Å². The largest absolute Gasteiger partial charge is 0.459 e. The van der Waals surface area contributed by atoms with E-state index in [1.807, 2.05) is 0 Å². The van der Waals surface area contributed by atoms with E-state index >= 15 is 0 Å². The molecule has 0 spiro atoms. The van der Waals surface area contributed by atoms with Gasteiger partial charge in [-0.25, -0.2) is 4.79 Å². The van der Waals surface area contributed by atoms with Crippen molar-refractivity contribution in [2.45, 2.75) is 6.18 Å². The Morgan fingerprint density at radius 3 is 2.62 bits per heavy atom. The van der Waals surface area contributed by atoms with Gasteiger partial charge in [0.15, 0.2) is 0 Å². The normalized spacial score (nSPS) is 11.4. The first-order valence-corrected chi connectivity index (χ1v) is 3.08. The maximum Gasteiger partial charge on any atom is 0.450 e. The molecule has 0 unspecified atom stereocenters. The van der Waals surface area contributed by atoms with E-state index in [1.165, 1.54) is 0 Å². The molecule has 0 N–H and O–H groups in total. The molecule has 1 radical (unpaired) electrons. The Morgan fingerprint density at radius 2 is 2.15 bits per heavy atom. The lowest BCUT2D eigenvalue weighted by Gasteiger charge is -2.03. The van der Waals surface area contributed by atoms with Gasteiger partial charge in [0.2, 0.25) is 5.76 Å². The monoisotopic (exact) mass is 193 g/mol. The maximum absolute atomic E-state index is 12.1. The van der Waals surface area contributed by atoms with Crippen LogP contribution in [-0.2, 0) is 10.9 Å². The minimum absolute atomic E-state index is 0.678. The van der Waals surface area contributed by atoms with Crippen LogP contribution in [0.5, 0.6) is 0 Å². The molecule has 0 aromatic carbocycles. The van der Waals surface area contributed by atoms with Crippen molar-refractivity contribution in [1.29, 1.82) is 0 Å². The van der Waals surface area contributed by atoms with Gasteiger partial charge in [-0.05, 0) is 6.07 Å². The fraction of sp³-hybridized carbons (Fsp3) is 0.143. The molecular formula is C7H4F3O3. The van der Waals surface area contributed by atoms with Crippen LogP contribution in [0, 0.1) is 7.11 Å². The summed E-state index contributed by atoms with van der Waals surface area (Å²) in [5.41, 5.74) is -0.678. The summed E-state index contributed by atoms with van der Waals surface area (Å²) < 4.78 is 44.1. The molecule has 0 saturated carbocycles. The van der Waals surface area contributed by atoms with E-state index < -0.39 is 23.5 Å². The first-order chi connectivity index (χ1) is 5.96. The average molecular weight is 193 g/mol. The maximum atomic E-state index is 12.1. The second kappa shape index (κ2) is 3.12. The van der Waals surface area contributed by atoms with Gasteiger partial charge in [0.25, 0.3) is 0 Å². The number of carbonyl (C=O) groups is 1. The fourth-order valence-corrected chi connectivity index (χ4v) is 0.767. The average Bonchev–Trinajstić information content (AvgIpc) is 2.49. The van der Waals surface area contributed by atoms with Crippen LogP contribution in [0.15, 0.2) is 16.7 Å². The second-order valence-electron chi connectivity index (χ2n) is 2.09. The molecule has 0 amide bonds. The van der Waals surface area contributed by atoms with Crippen molar-refractivity contribution in [2.24, 2.45) is 0 Å². The van der Waals surface area contributed by atoms with Crippen molar-refractivity contribution in [3.05, 3.63) is 30.8 Å². The Kier molecular flexibility index (Phi) is 2.31. The van der Waals surface area contributed by atoms with E-state index in [1.54, 1.807) is 0 Å². The van der Waals surface area contributed by atoms with Crippen molar-refractivity contribution in [2.75, 3.05) is 0 Å². The van der Waals surface area contributed by atoms with Gasteiger partial charge in [-0.2, -0.15) is 13.2 Å². The molecule has 71 valence electrons. The zero-order valence-corrected chi connectivity index (χ0v) is 6.22. The molecule has 3 nitrogen and oxygen atoms in total. The Bertz CT molecular complexity index is 313. The summed E-state index contributed by atoms with van der Waals surface area (Å²) in [5.74, 6) is -2.55. The Labute approximate surface area is 71.1 Å². The van der Waals surface area contributed by atoms with Crippen LogP contribution in [0.25, 0.3) is 0 Å². The molecule has 1 rings (SSSR count). The number of ether oxygens (including phenoxy) is 1. The number of alkyl halides is 3. The standard InChI is InChI=1S/C7H4F3O3/c1-12-6(11)4-2-3-13-5(4)7(8,9)10/h2-3H,1H2. The summed E-state index contributed by atoms with van der Waals surface area (Å²) in [6, 6.07) is 0.871. The highest BCUT2D eigenvalue weighted by atomic mass is 19.4. The van der Waals surface area contributed by atoms with Crippen molar-refractivity contribution in [1.82, 2.24) is 0 Å². The van der Waals surface area contributed by atoms with Gasteiger partial charge < -0.3 is 9.15 Å². The van der Waals surface area contributed by atoms with Crippen molar-refractivity contribution < 1.29 is 27.1 Å². The number of rotatable bonds is 1. The summed E-state index contributed by atoms with van der Waals surface area (Å²) in [6.07, 6.45) is -3.94. The first kappa shape index (κ1) is 9.63. The summed E-state index contributed by atoms with van der Waals surface area (Å²) >= 11 is 0. The third-order valence-corrected chi connectivity index (χ3v) is 1.27. The van der Waals surface area contributed by atoms with Gasteiger partial charge >= 0.3 is 12.1 Å².